The van der Waals surface area contributed by atoms with E-state index in [-0.39, 0.29) is 11.9 Å². The number of hydrogen-bond acceptors (Lipinski definition) is 5. The minimum absolute atomic E-state index is 0.127. The second-order valence-corrected chi connectivity index (χ2v) is 6.78. The van der Waals surface area contributed by atoms with Gasteiger partial charge in [-0.2, -0.15) is 0 Å². The molecule has 0 spiro atoms. The molecule has 140 valence electrons. The van der Waals surface area contributed by atoms with Crippen LogP contribution in [0.25, 0.3) is 11.0 Å². The molecule has 1 fully saturated rings. The molecular weight excluding hydrogens is 342 g/mol. The molecule has 3 aromatic rings. The molecular formula is C21H23N3O3. The SMILES string of the molecule is CC(c1cc2ccccc2o1)N(C)C(=O)c1cc(N2CCOCC2)ccn1. The Morgan fingerprint density at radius 3 is 2.74 bits per heavy atom. The Morgan fingerprint density at radius 1 is 1.19 bits per heavy atom. The number of furan rings is 1. The summed E-state index contributed by atoms with van der Waals surface area (Å²) in [6.07, 6.45) is 1.69. The van der Waals surface area contributed by atoms with Crippen LogP contribution < -0.4 is 4.90 Å². The van der Waals surface area contributed by atoms with E-state index in [9.17, 15) is 4.79 Å². The van der Waals surface area contributed by atoms with E-state index in [2.05, 4.69) is 9.88 Å². The molecule has 6 heteroatoms. The highest BCUT2D eigenvalue weighted by Crippen LogP contribution is 2.27. The number of ether oxygens (including phenoxy) is 1. The van der Waals surface area contributed by atoms with E-state index in [0.29, 0.717) is 18.9 Å². The Labute approximate surface area is 158 Å². The lowest BCUT2D eigenvalue weighted by Crippen LogP contribution is -2.36. The van der Waals surface area contributed by atoms with E-state index in [0.717, 1.165) is 35.5 Å². The van der Waals surface area contributed by atoms with Gasteiger partial charge in [-0.25, -0.2) is 0 Å². The predicted molar refractivity (Wildman–Crippen MR) is 104 cm³/mol. The number of morpholine rings is 1. The lowest BCUT2D eigenvalue weighted by molar-refractivity contribution is 0.0721. The average Bonchev–Trinajstić information content (AvgIpc) is 3.17. The minimum Gasteiger partial charge on any atom is -0.459 e. The second-order valence-electron chi connectivity index (χ2n) is 6.78. The fourth-order valence-corrected chi connectivity index (χ4v) is 3.31. The van der Waals surface area contributed by atoms with Gasteiger partial charge in [-0.15, -0.1) is 0 Å². The van der Waals surface area contributed by atoms with Crippen molar-refractivity contribution < 1.29 is 13.9 Å². The van der Waals surface area contributed by atoms with Crippen molar-refractivity contribution >= 4 is 22.6 Å². The van der Waals surface area contributed by atoms with E-state index in [1.165, 1.54) is 0 Å². The first-order valence-corrected chi connectivity index (χ1v) is 9.18. The number of anilines is 1. The molecule has 3 heterocycles. The Kier molecular flexibility index (Phi) is 4.81. The molecule has 0 aliphatic carbocycles. The molecule has 27 heavy (non-hydrogen) atoms. The Hall–Kier alpha value is -2.86. The molecule has 1 aromatic carbocycles. The number of para-hydroxylation sites is 1. The zero-order valence-corrected chi connectivity index (χ0v) is 15.6. The Balaban J connectivity index is 1.54. The predicted octanol–water partition coefficient (Wildman–Crippen LogP) is 3.50. The standard InChI is InChI=1S/C21H23N3O3/c1-15(20-13-16-5-3-4-6-19(16)27-20)23(2)21(25)18-14-17(7-8-22-18)24-9-11-26-12-10-24/h3-8,13-15H,9-12H2,1-2H3. The van der Waals surface area contributed by atoms with Crippen molar-refractivity contribution in [2.45, 2.75) is 13.0 Å². The number of carbonyl (C=O) groups excluding carboxylic acids is 1. The van der Waals surface area contributed by atoms with Crippen molar-refractivity contribution in [3.8, 4) is 0 Å². The zero-order chi connectivity index (χ0) is 18.8. The Bertz CT molecular complexity index is 914. The van der Waals surface area contributed by atoms with Gasteiger partial charge < -0.3 is 19.0 Å². The van der Waals surface area contributed by atoms with Crippen molar-refractivity contribution in [2.24, 2.45) is 0 Å². The van der Waals surface area contributed by atoms with E-state index in [4.69, 9.17) is 9.15 Å². The quantitative estimate of drug-likeness (QED) is 0.708. The molecule has 0 saturated carbocycles. The van der Waals surface area contributed by atoms with Crippen molar-refractivity contribution in [3.05, 3.63) is 60.1 Å². The number of hydrogen-bond donors (Lipinski definition) is 0. The highest BCUT2D eigenvalue weighted by molar-refractivity contribution is 5.93. The molecule has 1 unspecified atom stereocenters. The molecule has 0 bridgehead atoms. The number of amides is 1. The van der Waals surface area contributed by atoms with Crippen LogP contribution in [0.15, 0.2) is 53.1 Å². The summed E-state index contributed by atoms with van der Waals surface area (Å²) in [6, 6.07) is 13.4. The number of nitrogens with zero attached hydrogens (tertiary/aromatic N) is 3. The lowest BCUT2D eigenvalue weighted by Gasteiger charge is -2.29. The molecule has 1 atom stereocenters. The summed E-state index contributed by atoms with van der Waals surface area (Å²) in [6.45, 7) is 5.01. The van der Waals surface area contributed by atoms with Gasteiger partial charge in [0, 0.05) is 37.4 Å². The largest absolute Gasteiger partial charge is 0.459 e. The number of fused-ring (bicyclic) bond motifs is 1. The third-order valence-electron chi connectivity index (χ3n) is 5.10. The first-order valence-electron chi connectivity index (χ1n) is 9.18. The van der Waals surface area contributed by atoms with E-state index >= 15 is 0 Å². The number of benzene rings is 1. The molecule has 1 amide bonds. The maximum Gasteiger partial charge on any atom is 0.272 e. The van der Waals surface area contributed by atoms with Gasteiger partial charge >= 0.3 is 0 Å². The van der Waals surface area contributed by atoms with Gasteiger partial charge in [0.25, 0.3) is 5.91 Å². The number of carbonyl (C=O) groups is 1. The molecule has 6 nitrogen and oxygen atoms in total. The minimum atomic E-state index is -0.196. The first-order chi connectivity index (χ1) is 13.1. The molecule has 4 rings (SSSR count). The summed E-state index contributed by atoms with van der Waals surface area (Å²) < 4.78 is 11.3. The van der Waals surface area contributed by atoms with Crippen LogP contribution in [-0.2, 0) is 4.74 Å². The van der Waals surface area contributed by atoms with Crippen LogP contribution in [0.5, 0.6) is 0 Å². The fraction of sp³-hybridized carbons (Fsp3) is 0.333. The van der Waals surface area contributed by atoms with Crippen molar-refractivity contribution in [2.75, 3.05) is 38.3 Å². The van der Waals surface area contributed by atoms with Crippen molar-refractivity contribution in [1.82, 2.24) is 9.88 Å². The molecule has 0 radical (unpaired) electrons. The molecule has 2 aromatic heterocycles. The topological polar surface area (TPSA) is 58.8 Å². The number of rotatable bonds is 4. The van der Waals surface area contributed by atoms with E-state index in [1.807, 2.05) is 49.4 Å². The third-order valence-corrected chi connectivity index (χ3v) is 5.10. The van der Waals surface area contributed by atoms with Gasteiger partial charge in [-0.3, -0.25) is 9.78 Å². The molecule has 1 aliphatic rings. The average molecular weight is 365 g/mol. The summed E-state index contributed by atoms with van der Waals surface area (Å²) in [4.78, 5) is 21.2. The van der Waals surface area contributed by atoms with Crippen LogP contribution >= 0.6 is 0 Å². The molecule has 1 saturated heterocycles. The van der Waals surface area contributed by atoms with Crippen LogP contribution in [-0.4, -0.2) is 49.1 Å². The van der Waals surface area contributed by atoms with E-state index < -0.39 is 0 Å². The maximum atomic E-state index is 13.0. The van der Waals surface area contributed by atoms with Crippen molar-refractivity contribution in [1.29, 1.82) is 0 Å². The van der Waals surface area contributed by atoms with Crippen LogP contribution in [0.2, 0.25) is 0 Å². The van der Waals surface area contributed by atoms with Gasteiger partial charge in [-0.05, 0) is 31.2 Å². The normalized spacial score (nSPS) is 15.7. The summed E-state index contributed by atoms with van der Waals surface area (Å²) in [5.74, 6) is 0.634. The summed E-state index contributed by atoms with van der Waals surface area (Å²) in [7, 11) is 1.78. The van der Waals surface area contributed by atoms with Gasteiger partial charge in [0.15, 0.2) is 0 Å². The van der Waals surface area contributed by atoms with Crippen LogP contribution in [0.4, 0.5) is 5.69 Å². The third kappa shape index (κ3) is 3.53. The maximum absolute atomic E-state index is 13.0. The van der Waals surface area contributed by atoms with Crippen LogP contribution in [0.1, 0.15) is 29.2 Å². The van der Waals surface area contributed by atoms with Crippen LogP contribution in [0.3, 0.4) is 0 Å². The highest BCUT2D eigenvalue weighted by Gasteiger charge is 2.23. The van der Waals surface area contributed by atoms with Crippen molar-refractivity contribution in [3.63, 3.8) is 0 Å². The van der Waals surface area contributed by atoms with Gasteiger partial charge in [0.1, 0.15) is 17.0 Å². The Morgan fingerprint density at radius 2 is 1.96 bits per heavy atom. The summed E-state index contributed by atoms with van der Waals surface area (Å²) >= 11 is 0. The van der Waals surface area contributed by atoms with E-state index in [1.54, 1.807) is 18.1 Å². The van der Waals surface area contributed by atoms with Gasteiger partial charge in [0.2, 0.25) is 0 Å². The summed E-state index contributed by atoms with van der Waals surface area (Å²) in [5.41, 5.74) is 2.26. The molecule has 0 N–H and O–H groups in total. The fourth-order valence-electron chi connectivity index (χ4n) is 3.31. The van der Waals surface area contributed by atoms with Crippen LogP contribution in [0, 0.1) is 0 Å². The lowest BCUT2D eigenvalue weighted by atomic mass is 10.2. The van der Waals surface area contributed by atoms with Gasteiger partial charge in [-0.1, -0.05) is 18.2 Å². The second kappa shape index (κ2) is 7.40. The monoisotopic (exact) mass is 365 g/mol. The number of aromatic nitrogens is 1. The zero-order valence-electron chi connectivity index (χ0n) is 15.6. The highest BCUT2D eigenvalue weighted by atomic mass is 16.5. The summed E-state index contributed by atoms with van der Waals surface area (Å²) in [5, 5.41) is 1.03. The smallest absolute Gasteiger partial charge is 0.272 e. The number of pyridine rings is 1. The molecule has 1 aliphatic heterocycles. The first kappa shape index (κ1) is 17.5. The van der Waals surface area contributed by atoms with Gasteiger partial charge in [0.05, 0.1) is 19.3 Å².